The van der Waals surface area contributed by atoms with Gasteiger partial charge in [-0.2, -0.15) is 0 Å². The minimum absolute atomic E-state index is 0.451. The highest BCUT2D eigenvalue weighted by Crippen LogP contribution is 2.33. The number of fused-ring (bicyclic) bond motifs is 1. The average molecular weight is 237 g/mol. The summed E-state index contributed by atoms with van der Waals surface area (Å²) in [4.78, 5) is 0. The predicted octanol–water partition coefficient (Wildman–Crippen LogP) is 3.41. The molecule has 2 rings (SSSR count). The van der Waals surface area contributed by atoms with E-state index in [2.05, 4.69) is 31.5 Å². The van der Waals surface area contributed by atoms with Gasteiger partial charge in [0.15, 0.2) is 0 Å². The van der Waals surface area contributed by atoms with Crippen LogP contribution in [0.15, 0.2) is 18.2 Å². The van der Waals surface area contributed by atoms with E-state index >= 15 is 0 Å². The number of hydrogen-bond donors (Lipinski definition) is 1. The number of aromatic nitrogens is 1. The smallest absolute Gasteiger partial charge is 0.0672 e. The van der Waals surface area contributed by atoms with Crippen LogP contribution >= 0.6 is 11.6 Å². The van der Waals surface area contributed by atoms with Crippen LogP contribution < -0.4 is 5.73 Å². The van der Waals surface area contributed by atoms with Gasteiger partial charge in [-0.1, -0.05) is 37.6 Å². The summed E-state index contributed by atoms with van der Waals surface area (Å²) in [6.07, 6.45) is 0. The molecule has 0 spiro atoms. The van der Waals surface area contributed by atoms with Crippen molar-refractivity contribution in [3.8, 4) is 0 Å². The predicted molar refractivity (Wildman–Crippen MR) is 69.9 cm³/mol. The van der Waals surface area contributed by atoms with Gasteiger partial charge < -0.3 is 10.3 Å². The molecule has 0 saturated heterocycles. The maximum absolute atomic E-state index is 6.25. The molecule has 16 heavy (non-hydrogen) atoms. The summed E-state index contributed by atoms with van der Waals surface area (Å²) in [6.45, 7) is 4.92. The summed E-state index contributed by atoms with van der Waals surface area (Å²) in [5.41, 5.74) is 9.45. The van der Waals surface area contributed by atoms with Crippen LogP contribution in [0, 0.1) is 0 Å². The van der Waals surface area contributed by atoms with Gasteiger partial charge in [-0.15, -0.1) is 0 Å². The van der Waals surface area contributed by atoms with Crippen LogP contribution in [0.4, 0.5) is 0 Å². The van der Waals surface area contributed by atoms with Crippen molar-refractivity contribution in [2.24, 2.45) is 12.8 Å². The standard InChI is InChI=1S/C13H17ClN2/c1-8(2)12-10(7-15)9-5-4-6-11(14)13(9)16(12)3/h4-6,8H,7,15H2,1-3H3. The van der Waals surface area contributed by atoms with Crippen LogP contribution in [0.1, 0.15) is 31.0 Å². The Bertz CT molecular complexity index is 526. The second-order valence-corrected chi connectivity index (χ2v) is 4.82. The number of nitrogens with two attached hydrogens (primary N) is 1. The van der Waals surface area contributed by atoms with E-state index in [4.69, 9.17) is 17.3 Å². The third-order valence-electron chi connectivity index (χ3n) is 3.07. The van der Waals surface area contributed by atoms with Crippen LogP contribution in [-0.2, 0) is 13.6 Å². The Labute approximate surface area is 101 Å². The van der Waals surface area contributed by atoms with Gasteiger partial charge in [-0.3, -0.25) is 0 Å². The molecule has 2 nitrogen and oxygen atoms in total. The van der Waals surface area contributed by atoms with Gasteiger partial charge in [0, 0.05) is 24.7 Å². The molecule has 0 aliphatic carbocycles. The number of aryl methyl sites for hydroxylation is 1. The van der Waals surface area contributed by atoms with E-state index in [1.807, 2.05) is 12.1 Å². The zero-order valence-corrected chi connectivity index (χ0v) is 10.7. The quantitative estimate of drug-likeness (QED) is 0.851. The van der Waals surface area contributed by atoms with Crippen LogP contribution in [0.2, 0.25) is 5.02 Å². The molecule has 0 bridgehead atoms. The van der Waals surface area contributed by atoms with Crippen molar-refractivity contribution in [1.29, 1.82) is 0 Å². The second kappa shape index (κ2) is 4.11. The van der Waals surface area contributed by atoms with Crippen molar-refractivity contribution < 1.29 is 0 Å². The van der Waals surface area contributed by atoms with E-state index in [-0.39, 0.29) is 0 Å². The SMILES string of the molecule is CC(C)c1c(CN)c2cccc(Cl)c2n1C. The number of rotatable bonds is 2. The Hall–Kier alpha value is -0.990. The monoisotopic (exact) mass is 236 g/mol. The lowest BCUT2D eigenvalue weighted by Gasteiger charge is -2.10. The van der Waals surface area contributed by atoms with Gasteiger partial charge >= 0.3 is 0 Å². The van der Waals surface area contributed by atoms with Crippen LogP contribution in [-0.4, -0.2) is 4.57 Å². The van der Waals surface area contributed by atoms with E-state index in [0.717, 1.165) is 10.5 Å². The molecule has 0 amide bonds. The molecule has 0 aliphatic rings. The van der Waals surface area contributed by atoms with Crippen molar-refractivity contribution in [2.75, 3.05) is 0 Å². The number of benzene rings is 1. The van der Waals surface area contributed by atoms with E-state index in [1.165, 1.54) is 16.6 Å². The van der Waals surface area contributed by atoms with Crippen LogP contribution in [0.25, 0.3) is 10.9 Å². The first kappa shape index (κ1) is 11.5. The summed E-state index contributed by atoms with van der Waals surface area (Å²) >= 11 is 6.25. The number of para-hydroxylation sites is 1. The first-order valence-electron chi connectivity index (χ1n) is 5.53. The molecular formula is C13H17ClN2. The molecule has 0 fully saturated rings. The highest BCUT2D eigenvalue weighted by Gasteiger charge is 2.17. The summed E-state index contributed by atoms with van der Waals surface area (Å²) in [7, 11) is 2.06. The molecule has 2 N–H and O–H groups in total. The minimum Gasteiger partial charge on any atom is -0.346 e. The molecule has 0 radical (unpaired) electrons. The molecule has 1 heterocycles. The topological polar surface area (TPSA) is 30.9 Å². The van der Waals surface area contributed by atoms with Gasteiger partial charge in [0.05, 0.1) is 10.5 Å². The number of halogens is 1. The van der Waals surface area contributed by atoms with E-state index in [9.17, 15) is 0 Å². The molecule has 2 aromatic rings. The fraction of sp³-hybridized carbons (Fsp3) is 0.385. The lowest BCUT2D eigenvalue weighted by molar-refractivity contribution is 0.739. The van der Waals surface area contributed by atoms with E-state index in [1.54, 1.807) is 0 Å². The Balaban J connectivity index is 2.91. The lowest BCUT2D eigenvalue weighted by atomic mass is 10.0. The summed E-state index contributed by atoms with van der Waals surface area (Å²) in [5.74, 6) is 0.451. The zero-order chi connectivity index (χ0) is 11.9. The Morgan fingerprint density at radius 1 is 1.38 bits per heavy atom. The van der Waals surface area contributed by atoms with Gasteiger partial charge in [-0.05, 0) is 17.5 Å². The van der Waals surface area contributed by atoms with Gasteiger partial charge in [0.25, 0.3) is 0 Å². The largest absolute Gasteiger partial charge is 0.346 e. The first-order valence-corrected chi connectivity index (χ1v) is 5.91. The van der Waals surface area contributed by atoms with Gasteiger partial charge in [-0.25, -0.2) is 0 Å². The first-order chi connectivity index (χ1) is 7.57. The number of nitrogens with zero attached hydrogens (tertiary/aromatic N) is 1. The van der Waals surface area contributed by atoms with Crippen molar-refractivity contribution in [2.45, 2.75) is 26.3 Å². The summed E-state index contributed by atoms with van der Waals surface area (Å²) in [6, 6.07) is 6.00. The average Bonchev–Trinajstić information content (AvgIpc) is 2.52. The van der Waals surface area contributed by atoms with E-state index < -0.39 is 0 Å². The molecule has 0 unspecified atom stereocenters. The number of hydrogen-bond acceptors (Lipinski definition) is 1. The fourth-order valence-electron chi connectivity index (χ4n) is 2.51. The van der Waals surface area contributed by atoms with Gasteiger partial charge in [0.2, 0.25) is 0 Å². The third-order valence-corrected chi connectivity index (χ3v) is 3.37. The summed E-state index contributed by atoms with van der Waals surface area (Å²) < 4.78 is 2.17. The maximum Gasteiger partial charge on any atom is 0.0672 e. The third kappa shape index (κ3) is 1.53. The van der Waals surface area contributed by atoms with Crippen LogP contribution in [0.5, 0.6) is 0 Å². The molecule has 86 valence electrons. The fourth-order valence-corrected chi connectivity index (χ4v) is 2.81. The van der Waals surface area contributed by atoms with Crippen molar-refractivity contribution in [1.82, 2.24) is 4.57 Å². The Kier molecular flexibility index (Phi) is 2.96. The molecule has 0 aliphatic heterocycles. The molecule has 1 aromatic carbocycles. The highest BCUT2D eigenvalue weighted by molar-refractivity contribution is 6.35. The molecule has 1 aromatic heterocycles. The van der Waals surface area contributed by atoms with Crippen LogP contribution in [0.3, 0.4) is 0 Å². The Morgan fingerprint density at radius 2 is 2.06 bits per heavy atom. The van der Waals surface area contributed by atoms with Crippen molar-refractivity contribution >= 4 is 22.5 Å². The minimum atomic E-state index is 0.451. The van der Waals surface area contributed by atoms with Crippen molar-refractivity contribution in [3.05, 3.63) is 34.5 Å². The van der Waals surface area contributed by atoms with Gasteiger partial charge in [0.1, 0.15) is 0 Å². The lowest BCUT2D eigenvalue weighted by Crippen LogP contribution is -2.05. The maximum atomic E-state index is 6.25. The van der Waals surface area contributed by atoms with E-state index in [0.29, 0.717) is 12.5 Å². The molecule has 3 heteroatoms. The molecule has 0 saturated carbocycles. The highest BCUT2D eigenvalue weighted by atomic mass is 35.5. The Morgan fingerprint density at radius 3 is 2.62 bits per heavy atom. The zero-order valence-electron chi connectivity index (χ0n) is 9.92. The molecule has 0 atom stereocenters. The summed E-state index contributed by atoms with van der Waals surface area (Å²) in [5, 5.41) is 1.97. The normalized spacial score (nSPS) is 11.6. The second-order valence-electron chi connectivity index (χ2n) is 4.42. The molecular weight excluding hydrogens is 220 g/mol. The van der Waals surface area contributed by atoms with Crippen molar-refractivity contribution in [3.63, 3.8) is 0 Å².